The number of nitrogens with one attached hydrogen (secondary N) is 2. The van der Waals surface area contributed by atoms with Gasteiger partial charge in [-0.05, 0) is 60.2 Å². The topological polar surface area (TPSA) is 81.7 Å². The minimum absolute atomic E-state index is 0.105. The van der Waals surface area contributed by atoms with E-state index in [0.29, 0.717) is 27.4 Å². The monoisotopic (exact) mass is 471 g/mol. The predicted octanol–water partition coefficient (Wildman–Crippen LogP) is 4.72. The molecule has 1 unspecified atom stereocenters. The molecular formula is C21H15BrClN3O3. The number of anilines is 1. The molecule has 0 saturated carbocycles. The zero-order chi connectivity index (χ0) is 20.5. The van der Waals surface area contributed by atoms with Gasteiger partial charge in [0.25, 0.3) is 11.8 Å². The second-order valence-electron chi connectivity index (χ2n) is 6.45. The van der Waals surface area contributed by atoms with Crippen LogP contribution >= 0.6 is 27.5 Å². The zero-order valence-corrected chi connectivity index (χ0v) is 17.2. The van der Waals surface area contributed by atoms with Crippen LogP contribution in [0, 0.1) is 0 Å². The van der Waals surface area contributed by atoms with Gasteiger partial charge >= 0.3 is 0 Å². The van der Waals surface area contributed by atoms with E-state index in [4.69, 9.17) is 11.6 Å². The van der Waals surface area contributed by atoms with Gasteiger partial charge in [0.15, 0.2) is 0 Å². The number of hydrogen-bond donors (Lipinski definition) is 3. The Morgan fingerprint density at radius 2 is 1.76 bits per heavy atom. The molecule has 3 aromatic carbocycles. The van der Waals surface area contributed by atoms with Gasteiger partial charge in [0, 0.05) is 20.7 Å². The summed E-state index contributed by atoms with van der Waals surface area (Å²) in [7, 11) is 0. The molecule has 3 N–H and O–H groups in total. The van der Waals surface area contributed by atoms with Gasteiger partial charge in [0.05, 0.1) is 5.56 Å². The van der Waals surface area contributed by atoms with Gasteiger partial charge in [-0.25, -0.2) is 5.01 Å². The van der Waals surface area contributed by atoms with Crippen molar-refractivity contribution in [3.63, 3.8) is 0 Å². The fourth-order valence-electron chi connectivity index (χ4n) is 3.06. The van der Waals surface area contributed by atoms with Crippen molar-refractivity contribution in [2.45, 2.75) is 6.17 Å². The van der Waals surface area contributed by atoms with E-state index in [1.165, 1.54) is 17.1 Å². The summed E-state index contributed by atoms with van der Waals surface area (Å²) in [6, 6.07) is 18.2. The SMILES string of the molecule is O=C(NN1C(=O)c2cc(Cl)ccc2NC1c1ccc(O)cc1)c1ccc(Br)cc1. The molecule has 0 saturated heterocycles. The highest BCUT2D eigenvalue weighted by Gasteiger charge is 2.34. The van der Waals surface area contributed by atoms with Crippen LogP contribution in [0.4, 0.5) is 5.69 Å². The van der Waals surface area contributed by atoms with Crippen molar-refractivity contribution in [3.8, 4) is 5.75 Å². The lowest BCUT2D eigenvalue weighted by atomic mass is 10.0. The molecule has 29 heavy (non-hydrogen) atoms. The van der Waals surface area contributed by atoms with Crippen LogP contribution in [-0.4, -0.2) is 21.9 Å². The van der Waals surface area contributed by atoms with E-state index in [1.807, 2.05) is 0 Å². The van der Waals surface area contributed by atoms with Gasteiger partial charge in [-0.2, -0.15) is 0 Å². The van der Waals surface area contributed by atoms with Crippen LogP contribution in [0.15, 0.2) is 71.2 Å². The van der Waals surface area contributed by atoms with E-state index in [2.05, 4.69) is 26.7 Å². The molecule has 0 fully saturated rings. The van der Waals surface area contributed by atoms with Gasteiger partial charge < -0.3 is 10.4 Å². The molecule has 0 spiro atoms. The Kier molecular flexibility index (Phi) is 5.17. The lowest BCUT2D eigenvalue weighted by molar-refractivity contribution is 0.0491. The summed E-state index contributed by atoms with van der Waals surface area (Å²) in [6.07, 6.45) is -0.670. The Bertz CT molecular complexity index is 1090. The number of fused-ring (bicyclic) bond motifs is 1. The predicted molar refractivity (Wildman–Crippen MR) is 114 cm³/mol. The highest BCUT2D eigenvalue weighted by molar-refractivity contribution is 9.10. The quantitative estimate of drug-likeness (QED) is 0.515. The van der Waals surface area contributed by atoms with E-state index in [-0.39, 0.29) is 5.75 Å². The number of benzene rings is 3. The van der Waals surface area contributed by atoms with Crippen LogP contribution in [-0.2, 0) is 0 Å². The molecular weight excluding hydrogens is 458 g/mol. The third kappa shape index (κ3) is 3.92. The highest BCUT2D eigenvalue weighted by atomic mass is 79.9. The van der Waals surface area contributed by atoms with Crippen LogP contribution in [0.5, 0.6) is 5.75 Å². The third-order valence-corrected chi connectivity index (χ3v) is 5.28. The van der Waals surface area contributed by atoms with E-state index < -0.39 is 18.0 Å². The van der Waals surface area contributed by atoms with Crippen LogP contribution in [0.25, 0.3) is 0 Å². The lowest BCUT2D eigenvalue weighted by Crippen LogP contribution is -2.52. The standard InChI is InChI=1S/C21H15BrClN3O3/c22-14-5-1-13(2-6-14)20(28)25-26-19(12-3-8-16(27)9-4-12)24-18-10-7-15(23)11-17(18)21(26)29/h1-11,19,24,27H,(H,25,28). The largest absolute Gasteiger partial charge is 0.508 e. The number of phenols is 1. The first-order valence-corrected chi connectivity index (χ1v) is 9.84. The molecule has 1 aliphatic heterocycles. The summed E-state index contributed by atoms with van der Waals surface area (Å²) in [5, 5.41) is 14.5. The number of rotatable bonds is 3. The maximum atomic E-state index is 13.2. The fraction of sp³-hybridized carbons (Fsp3) is 0.0476. The maximum absolute atomic E-state index is 13.2. The van der Waals surface area contributed by atoms with Crippen molar-refractivity contribution in [2.75, 3.05) is 5.32 Å². The Hall–Kier alpha value is -3.03. The molecule has 0 bridgehead atoms. The van der Waals surface area contributed by atoms with Gasteiger partial charge in [0.1, 0.15) is 11.9 Å². The van der Waals surface area contributed by atoms with Crippen molar-refractivity contribution in [1.82, 2.24) is 10.4 Å². The second-order valence-corrected chi connectivity index (χ2v) is 7.80. The first-order chi connectivity index (χ1) is 13.9. The summed E-state index contributed by atoms with van der Waals surface area (Å²) in [5.74, 6) is -0.722. The summed E-state index contributed by atoms with van der Waals surface area (Å²) in [5.41, 5.74) is 4.74. The molecule has 1 heterocycles. The van der Waals surface area contributed by atoms with Gasteiger partial charge in [-0.3, -0.25) is 15.0 Å². The summed E-state index contributed by atoms with van der Waals surface area (Å²) in [4.78, 5) is 26.0. The Balaban J connectivity index is 1.72. The van der Waals surface area contributed by atoms with E-state index in [0.717, 1.165) is 4.47 Å². The van der Waals surface area contributed by atoms with Crippen molar-refractivity contribution in [1.29, 1.82) is 0 Å². The van der Waals surface area contributed by atoms with Crippen molar-refractivity contribution < 1.29 is 14.7 Å². The van der Waals surface area contributed by atoms with Crippen molar-refractivity contribution >= 4 is 45.0 Å². The number of halogens is 2. The second kappa shape index (κ2) is 7.77. The first-order valence-electron chi connectivity index (χ1n) is 8.67. The molecule has 8 heteroatoms. The number of carbonyl (C=O) groups is 2. The molecule has 146 valence electrons. The number of phenolic OH excluding ortho intramolecular Hbond substituents is 1. The first kappa shape index (κ1) is 19.3. The molecule has 4 rings (SSSR count). The minimum Gasteiger partial charge on any atom is -0.508 e. The maximum Gasteiger partial charge on any atom is 0.276 e. The van der Waals surface area contributed by atoms with Crippen LogP contribution < -0.4 is 10.7 Å². The molecule has 0 radical (unpaired) electrons. The van der Waals surface area contributed by atoms with Gasteiger partial charge in [0.2, 0.25) is 0 Å². The number of aromatic hydroxyl groups is 1. The zero-order valence-electron chi connectivity index (χ0n) is 14.9. The van der Waals surface area contributed by atoms with Crippen molar-refractivity contribution in [3.05, 3.63) is 92.9 Å². The summed E-state index contributed by atoms with van der Waals surface area (Å²) in [6.45, 7) is 0. The number of amides is 2. The summed E-state index contributed by atoms with van der Waals surface area (Å²) >= 11 is 9.39. The molecule has 6 nitrogen and oxygen atoms in total. The molecule has 3 aromatic rings. The molecule has 2 amide bonds. The molecule has 1 aliphatic rings. The smallest absolute Gasteiger partial charge is 0.276 e. The summed E-state index contributed by atoms with van der Waals surface area (Å²) < 4.78 is 0.843. The van der Waals surface area contributed by atoms with Crippen LogP contribution in [0.3, 0.4) is 0 Å². The normalized spacial score (nSPS) is 15.4. The fourth-order valence-corrected chi connectivity index (χ4v) is 3.49. The van der Waals surface area contributed by atoms with Crippen molar-refractivity contribution in [2.24, 2.45) is 0 Å². The number of nitrogens with zero attached hydrogens (tertiary/aromatic N) is 1. The Labute approximate surface area is 180 Å². The van der Waals surface area contributed by atoms with Crippen LogP contribution in [0.2, 0.25) is 5.02 Å². The molecule has 0 aromatic heterocycles. The Morgan fingerprint density at radius 3 is 2.45 bits per heavy atom. The van der Waals surface area contributed by atoms with E-state index >= 15 is 0 Å². The lowest BCUT2D eigenvalue weighted by Gasteiger charge is -2.37. The molecule has 1 atom stereocenters. The third-order valence-electron chi connectivity index (χ3n) is 4.52. The minimum atomic E-state index is -0.670. The van der Waals surface area contributed by atoms with Gasteiger partial charge in [-0.1, -0.05) is 39.7 Å². The van der Waals surface area contributed by atoms with Gasteiger partial charge in [-0.15, -0.1) is 0 Å². The van der Waals surface area contributed by atoms with Crippen LogP contribution in [0.1, 0.15) is 32.4 Å². The number of hydrazine groups is 1. The number of hydrogen-bond acceptors (Lipinski definition) is 4. The number of carbonyl (C=O) groups excluding carboxylic acids is 2. The highest BCUT2D eigenvalue weighted by Crippen LogP contribution is 2.34. The Morgan fingerprint density at radius 1 is 1.07 bits per heavy atom. The van der Waals surface area contributed by atoms with E-state index in [1.54, 1.807) is 54.6 Å². The average molecular weight is 473 g/mol. The van der Waals surface area contributed by atoms with E-state index in [9.17, 15) is 14.7 Å². The average Bonchev–Trinajstić information content (AvgIpc) is 2.71. The molecule has 0 aliphatic carbocycles.